The zero-order chi connectivity index (χ0) is 22.6. The second-order valence-corrected chi connectivity index (χ2v) is 10.1. The van der Waals surface area contributed by atoms with Crippen molar-refractivity contribution in [1.82, 2.24) is 4.90 Å². The van der Waals surface area contributed by atoms with Gasteiger partial charge in [0.15, 0.2) is 0 Å². The molecular weight excluding hydrogens is 436 g/mol. The molecule has 168 valence electrons. The van der Waals surface area contributed by atoms with E-state index in [1.165, 1.54) is 13.2 Å². The zero-order valence-electron chi connectivity index (χ0n) is 17.9. The molecule has 2 N–H and O–H groups in total. The molecule has 0 radical (unpaired) electrons. The number of rotatable bonds is 7. The average Bonchev–Trinajstić information content (AvgIpc) is 2.74. The summed E-state index contributed by atoms with van der Waals surface area (Å²) >= 11 is 6.33. The molecule has 1 saturated heterocycles. The van der Waals surface area contributed by atoms with Gasteiger partial charge in [-0.2, -0.15) is 0 Å². The SMILES string of the molecule is COc1c(C(CCc2ccccc2Cl)C(=O)N2CCC(C)CC2)cccc1S(N)(=O)=O. The van der Waals surface area contributed by atoms with Gasteiger partial charge < -0.3 is 9.64 Å². The Labute approximate surface area is 189 Å². The van der Waals surface area contributed by atoms with E-state index in [1.807, 2.05) is 29.2 Å². The molecule has 0 spiro atoms. The van der Waals surface area contributed by atoms with E-state index in [1.54, 1.807) is 12.1 Å². The molecule has 1 amide bonds. The number of nitrogens with two attached hydrogens (primary N) is 1. The first-order chi connectivity index (χ1) is 14.7. The van der Waals surface area contributed by atoms with Crippen LogP contribution in [-0.4, -0.2) is 39.4 Å². The van der Waals surface area contributed by atoms with Gasteiger partial charge in [-0.15, -0.1) is 0 Å². The quantitative estimate of drug-likeness (QED) is 0.671. The van der Waals surface area contributed by atoms with Crippen LogP contribution in [0.5, 0.6) is 5.75 Å². The van der Waals surface area contributed by atoms with Gasteiger partial charge >= 0.3 is 0 Å². The Morgan fingerprint density at radius 1 is 1.19 bits per heavy atom. The lowest BCUT2D eigenvalue weighted by Crippen LogP contribution is -2.41. The van der Waals surface area contributed by atoms with Crippen LogP contribution in [0, 0.1) is 5.92 Å². The number of hydrogen-bond donors (Lipinski definition) is 1. The summed E-state index contributed by atoms with van der Waals surface area (Å²) in [6.07, 6.45) is 2.96. The minimum atomic E-state index is -4.00. The molecule has 1 aliphatic heterocycles. The number of aryl methyl sites for hydroxylation is 1. The first-order valence-electron chi connectivity index (χ1n) is 10.4. The van der Waals surface area contributed by atoms with Crippen molar-refractivity contribution in [3.8, 4) is 5.75 Å². The number of benzene rings is 2. The number of likely N-dealkylation sites (tertiary alicyclic amines) is 1. The van der Waals surface area contributed by atoms with Crippen LogP contribution >= 0.6 is 11.6 Å². The van der Waals surface area contributed by atoms with Gasteiger partial charge in [-0.25, -0.2) is 13.6 Å². The average molecular weight is 465 g/mol. The number of hydrogen-bond acceptors (Lipinski definition) is 4. The zero-order valence-corrected chi connectivity index (χ0v) is 19.5. The summed E-state index contributed by atoms with van der Waals surface area (Å²) in [5.74, 6) is 0.129. The number of halogens is 1. The Bertz CT molecular complexity index is 1030. The number of ether oxygens (including phenoxy) is 1. The normalized spacial score (nSPS) is 16.2. The molecular formula is C23H29ClN2O4S. The number of para-hydroxylation sites is 1. The van der Waals surface area contributed by atoms with Gasteiger partial charge in [-0.05, 0) is 49.3 Å². The molecule has 1 atom stereocenters. The largest absolute Gasteiger partial charge is 0.495 e. The number of sulfonamides is 1. The molecule has 0 aromatic heterocycles. The maximum absolute atomic E-state index is 13.6. The van der Waals surface area contributed by atoms with E-state index in [0.717, 1.165) is 18.4 Å². The van der Waals surface area contributed by atoms with E-state index in [4.69, 9.17) is 21.5 Å². The van der Waals surface area contributed by atoms with E-state index in [0.29, 0.717) is 42.4 Å². The summed E-state index contributed by atoms with van der Waals surface area (Å²) < 4.78 is 29.7. The van der Waals surface area contributed by atoms with E-state index in [2.05, 4.69) is 6.92 Å². The molecule has 1 aliphatic rings. The van der Waals surface area contributed by atoms with Crippen LogP contribution in [0.15, 0.2) is 47.4 Å². The van der Waals surface area contributed by atoms with Gasteiger partial charge in [0.2, 0.25) is 15.9 Å². The number of primary sulfonamides is 1. The lowest BCUT2D eigenvalue weighted by molar-refractivity contribution is -0.134. The van der Waals surface area contributed by atoms with Gasteiger partial charge in [-0.3, -0.25) is 4.79 Å². The van der Waals surface area contributed by atoms with Crippen molar-refractivity contribution in [1.29, 1.82) is 0 Å². The second kappa shape index (κ2) is 10.0. The van der Waals surface area contributed by atoms with Crippen LogP contribution in [0.25, 0.3) is 0 Å². The van der Waals surface area contributed by atoms with E-state index >= 15 is 0 Å². The molecule has 6 nitrogen and oxygen atoms in total. The number of nitrogens with zero attached hydrogens (tertiary/aromatic N) is 1. The van der Waals surface area contributed by atoms with Crippen LogP contribution in [0.1, 0.15) is 43.2 Å². The van der Waals surface area contributed by atoms with Crippen LogP contribution in [-0.2, 0) is 21.2 Å². The van der Waals surface area contributed by atoms with Crippen LogP contribution < -0.4 is 9.88 Å². The maximum Gasteiger partial charge on any atom is 0.241 e. The van der Waals surface area contributed by atoms with Crippen LogP contribution in [0.4, 0.5) is 0 Å². The van der Waals surface area contributed by atoms with Gasteiger partial charge in [-0.1, -0.05) is 48.9 Å². The third-order valence-corrected chi connectivity index (χ3v) is 7.25. The fraction of sp³-hybridized carbons (Fsp3) is 0.435. The molecule has 0 bridgehead atoms. The standard InChI is InChI=1S/C23H29ClN2O4S/c1-16-12-14-26(15-13-16)23(27)19(11-10-17-6-3-4-8-20(17)24)18-7-5-9-21(22(18)30-2)31(25,28)29/h3-9,16,19H,10-15H2,1-2H3,(H2,25,28,29). The Hall–Kier alpha value is -2.09. The third kappa shape index (κ3) is 5.59. The third-order valence-electron chi connectivity index (χ3n) is 5.95. The molecule has 1 fully saturated rings. The minimum absolute atomic E-state index is 0.0242. The van der Waals surface area contributed by atoms with Crippen molar-refractivity contribution in [2.75, 3.05) is 20.2 Å². The Balaban J connectivity index is 1.99. The Morgan fingerprint density at radius 3 is 2.48 bits per heavy atom. The predicted molar refractivity (Wildman–Crippen MR) is 122 cm³/mol. The van der Waals surface area contributed by atoms with Crippen molar-refractivity contribution in [2.24, 2.45) is 11.1 Å². The number of piperidine rings is 1. The highest BCUT2D eigenvalue weighted by Crippen LogP contribution is 2.37. The highest BCUT2D eigenvalue weighted by molar-refractivity contribution is 7.89. The van der Waals surface area contributed by atoms with Crippen LogP contribution in [0.3, 0.4) is 0 Å². The molecule has 2 aromatic rings. The number of carbonyl (C=O) groups excluding carboxylic acids is 1. The number of carbonyl (C=O) groups is 1. The second-order valence-electron chi connectivity index (χ2n) is 8.11. The Kier molecular flexibility index (Phi) is 7.62. The highest BCUT2D eigenvalue weighted by Gasteiger charge is 2.32. The molecule has 31 heavy (non-hydrogen) atoms. The van der Waals surface area contributed by atoms with Crippen LogP contribution in [0.2, 0.25) is 5.02 Å². The summed E-state index contributed by atoms with van der Waals surface area (Å²) in [6, 6.07) is 12.3. The topological polar surface area (TPSA) is 89.7 Å². The molecule has 1 heterocycles. The molecule has 0 aliphatic carbocycles. The van der Waals surface area contributed by atoms with E-state index in [9.17, 15) is 13.2 Å². The number of amides is 1. The molecule has 0 saturated carbocycles. The van der Waals surface area contributed by atoms with Crippen molar-refractivity contribution < 1.29 is 17.9 Å². The van der Waals surface area contributed by atoms with Crippen molar-refractivity contribution >= 4 is 27.5 Å². The minimum Gasteiger partial charge on any atom is -0.495 e. The van der Waals surface area contributed by atoms with Crippen molar-refractivity contribution in [3.05, 3.63) is 58.6 Å². The summed E-state index contributed by atoms with van der Waals surface area (Å²) in [7, 11) is -2.61. The monoisotopic (exact) mass is 464 g/mol. The highest BCUT2D eigenvalue weighted by atomic mass is 35.5. The summed E-state index contributed by atoms with van der Waals surface area (Å²) in [6.45, 7) is 3.58. The molecule has 8 heteroatoms. The van der Waals surface area contributed by atoms with Gasteiger partial charge in [0, 0.05) is 23.7 Å². The van der Waals surface area contributed by atoms with Gasteiger partial charge in [0.1, 0.15) is 10.6 Å². The van der Waals surface area contributed by atoms with Crippen molar-refractivity contribution in [2.45, 2.75) is 43.4 Å². The summed E-state index contributed by atoms with van der Waals surface area (Å²) in [4.78, 5) is 15.4. The smallest absolute Gasteiger partial charge is 0.241 e. The maximum atomic E-state index is 13.6. The van der Waals surface area contributed by atoms with Gasteiger partial charge in [0.05, 0.1) is 13.0 Å². The van der Waals surface area contributed by atoms with E-state index in [-0.39, 0.29) is 16.6 Å². The first kappa shape index (κ1) is 23.6. The lowest BCUT2D eigenvalue weighted by atomic mass is 9.89. The fourth-order valence-corrected chi connectivity index (χ4v) is 5.07. The summed E-state index contributed by atoms with van der Waals surface area (Å²) in [5.41, 5.74) is 1.47. The first-order valence-corrected chi connectivity index (χ1v) is 12.4. The Morgan fingerprint density at radius 2 is 1.87 bits per heavy atom. The lowest BCUT2D eigenvalue weighted by Gasteiger charge is -2.33. The molecule has 2 aromatic carbocycles. The number of methoxy groups -OCH3 is 1. The molecule has 3 rings (SSSR count). The summed E-state index contributed by atoms with van der Waals surface area (Å²) in [5, 5.41) is 6.04. The van der Waals surface area contributed by atoms with Gasteiger partial charge in [0.25, 0.3) is 0 Å². The van der Waals surface area contributed by atoms with E-state index < -0.39 is 15.9 Å². The molecule has 1 unspecified atom stereocenters. The fourth-order valence-electron chi connectivity index (χ4n) is 4.11. The van der Waals surface area contributed by atoms with Crippen molar-refractivity contribution in [3.63, 3.8) is 0 Å². The predicted octanol–water partition coefficient (Wildman–Crippen LogP) is 3.97.